The number of nitrogens with zero attached hydrogens (tertiary/aromatic N) is 2. The van der Waals surface area contributed by atoms with Gasteiger partial charge in [-0.1, -0.05) is 29.3 Å². The van der Waals surface area contributed by atoms with Crippen molar-refractivity contribution < 1.29 is 28.9 Å². The summed E-state index contributed by atoms with van der Waals surface area (Å²) < 4.78 is 16.1. The van der Waals surface area contributed by atoms with Crippen molar-refractivity contribution >= 4 is 12.0 Å². The predicted molar refractivity (Wildman–Crippen MR) is 109 cm³/mol. The quantitative estimate of drug-likeness (QED) is 0.744. The van der Waals surface area contributed by atoms with E-state index in [1.807, 2.05) is 32.0 Å². The van der Waals surface area contributed by atoms with Crippen molar-refractivity contribution in [3.63, 3.8) is 0 Å². The Morgan fingerprint density at radius 3 is 2.47 bits per heavy atom. The summed E-state index contributed by atoms with van der Waals surface area (Å²) in [7, 11) is 3.02. The summed E-state index contributed by atoms with van der Waals surface area (Å²) in [5.41, 5.74) is 3.47. The number of aryl methyl sites for hydroxylation is 3. The lowest BCUT2D eigenvalue weighted by Crippen LogP contribution is -2.41. The van der Waals surface area contributed by atoms with Gasteiger partial charge in [0.05, 0.1) is 27.0 Å². The number of rotatable bonds is 7. The van der Waals surface area contributed by atoms with E-state index in [9.17, 15) is 14.7 Å². The number of aliphatic hydroxyl groups excluding tert-OH is 1. The fourth-order valence-electron chi connectivity index (χ4n) is 3.83. The van der Waals surface area contributed by atoms with E-state index in [1.54, 1.807) is 6.20 Å². The van der Waals surface area contributed by atoms with Crippen LogP contribution < -0.4 is 9.47 Å². The zero-order valence-corrected chi connectivity index (χ0v) is 17.5. The predicted octanol–water partition coefficient (Wildman–Crippen LogP) is 2.73. The van der Waals surface area contributed by atoms with Gasteiger partial charge in [0.15, 0.2) is 17.6 Å². The number of hydrogen-bond donors (Lipinski definition) is 1. The molecule has 0 aliphatic carbocycles. The first-order valence-corrected chi connectivity index (χ1v) is 9.66. The number of cyclic esters (lactones) is 1. The number of methoxy groups -OCH3 is 2. The highest BCUT2D eigenvalue weighted by Gasteiger charge is 2.45. The normalized spacial score (nSPS) is 18.3. The highest BCUT2D eigenvalue weighted by Crippen LogP contribution is 2.35. The molecule has 0 unspecified atom stereocenters. The number of carbonyl (C=O) groups is 2. The smallest absolute Gasteiger partial charge is 0.417 e. The summed E-state index contributed by atoms with van der Waals surface area (Å²) in [6.45, 7) is 3.50. The summed E-state index contributed by atoms with van der Waals surface area (Å²) in [4.78, 5) is 30.5. The van der Waals surface area contributed by atoms with Crippen molar-refractivity contribution in [1.82, 2.24) is 9.88 Å². The highest BCUT2D eigenvalue weighted by atomic mass is 16.6. The van der Waals surface area contributed by atoms with Gasteiger partial charge < -0.3 is 19.3 Å². The third-order valence-corrected chi connectivity index (χ3v) is 5.10. The number of hydrogen-bond acceptors (Lipinski definition) is 7. The summed E-state index contributed by atoms with van der Waals surface area (Å²) in [6, 6.07) is 5.02. The first kappa shape index (κ1) is 21.6. The van der Waals surface area contributed by atoms with Crippen LogP contribution in [-0.2, 0) is 16.0 Å². The van der Waals surface area contributed by atoms with Crippen LogP contribution in [-0.4, -0.2) is 53.9 Å². The Morgan fingerprint density at radius 2 is 1.87 bits per heavy atom. The molecule has 0 radical (unpaired) electrons. The van der Waals surface area contributed by atoms with Crippen LogP contribution in [0.2, 0.25) is 0 Å². The second-order valence-corrected chi connectivity index (χ2v) is 7.27. The van der Waals surface area contributed by atoms with Crippen molar-refractivity contribution in [3.8, 4) is 11.5 Å². The van der Waals surface area contributed by atoms with Gasteiger partial charge >= 0.3 is 6.09 Å². The van der Waals surface area contributed by atoms with Crippen LogP contribution >= 0.6 is 0 Å². The fraction of sp³-hybridized carbons (Fsp3) is 0.409. The standard InChI is InChI=1S/C22H26N2O6/c1-13-7-14(2)9-16(8-13)20-17(12-25)24(22(27)30-20)19(26)6-5-15-10-23-11-18(28-3)21(15)29-4/h7-11,17,20,25H,5-6,12H2,1-4H3/t17-,20+/m0/s1. The molecule has 2 amide bonds. The van der Waals surface area contributed by atoms with Crippen molar-refractivity contribution in [1.29, 1.82) is 0 Å². The van der Waals surface area contributed by atoms with E-state index in [0.29, 0.717) is 23.5 Å². The third-order valence-electron chi connectivity index (χ3n) is 5.10. The van der Waals surface area contributed by atoms with E-state index in [2.05, 4.69) is 4.98 Å². The van der Waals surface area contributed by atoms with E-state index in [0.717, 1.165) is 21.6 Å². The number of pyridine rings is 1. The molecule has 0 saturated carbocycles. The Morgan fingerprint density at radius 1 is 1.17 bits per heavy atom. The van der Waals surface area contributed by atoms with Gasteiger partial charge in [0.1, 0.15) is 6.04 Å². The maximum atomic E-state index is 12.9. The topological polar surface area (TPSA) is 98.2 Å². The number of carbonyl (C=O) groups excluding carboxylic acids is 2. The minimum absolute atomic E-state index is 0.0242. The van der Waals surface area contributed by atoms with Gasteiger partial charge in [0.2, 0.25) is 5.91 Å². The van der Waals surface area contributed by atoms with Crippen LogP contribution in [0, 0.1) is 13.8 Å². The molecule has 0 spiro atoms. The van der Waals surface area contributed by atoms with E-state index in [4.69, 9.17) is 14.2 Å². The molecule has 160 valence electrons. The molecular formula is C22H26N2O6. The number of amides is 2. The lowest BCUT2D eigenvalue weighted by atomic mass is 9.98. The molecule has 1 N–H and O–H groups in total. The Balaban J connectivity index is 1.78. The number of ether oxygens (including phenoxy) is 3. The second kappa shape index (κ2) is 9.13. The molecule has 1 saturated heterocycles. The monoisotopic (exact) mass is 414 g/mol. The number of benzene rings is 1. The molecule has 0 bridgehead atoms. The van der Waals surface area contributed by atoms with Crippen LogP contribution in [0.4, 0.5) is 4.79 Å². The average molecular weight is 414 g/mol. The molecule has 30 heavy (non-hydrogen) atoms. The molecule has 1 aromatic carbocycles. The molecule has 1 aromatic heterocycles. The van der Waals surface area contributed by atoms with Gasteiger partial charge in [0.25, 0.3) is 0 Å². The lowest BCUT2D eigenvalue weighted by Gasteiger charge is -2.22. The Kier molecular flexibility index (Phi) is 6.56. The van der Waals surface area contributed by atoms with Crippen LogP contribution in [0.15, 0.2) is 30.6 Å². The summed E-state index contributed by atoms with van der Waals surface area (Å²) in [5, 5.41) is 9.94. The molecule has 8 nitrogen and oxygen atoms in total. The SMILES string of the molecule is COc1cncc(CCC(=O)N2C(=O)O[C@H](c3cc(C)cc(C)c3)[C@@H]2CO)c1OC. The fourth-order valence-corrected chi connectivity index (χ4v) is 3.83. The second-order valence-electron chi connectivity index (χ2n) is 7.27. The van der Waals surface area contributed by atoms with Crippen LogP contribution in [0.3, 0.4) is 0 Å². The molecule has 1 aliphatic heterocycles. The van der Waals surface area contributed by atoms with E-state index >= 15 is 0 Å². The Hall–Kier alpha value is -3.13. The maximum absolute atomic E-state index is 12.9. The van der Waals surface area contributed by atoms with Gasteiger partial charge in [0, 0.05) is 18.2 Å². The van der Waals surface area contributed by atoms with Crippen LogP contribution in [0.1, 0.15) is 34.8 Å². The molecule has 8 heteroatoms. The van der Waals surface area contributed by atoms with Crippen molar-refractivity contribution in [2.45, 2.75) is 38.8 Å². The van der Waals surface area contributed by atoms with E-state index in [-0.39, 0.29) is 13.0 Å². The maximum Gasteiger partial charge on any atom is 0.417 e. The molecule has 2 atom stereocenters. The van der Waals surface area contributed by atoms with Crippen LogP contribution in [0.5, 0.6) is 11.5 Å². The zero-order chi connectivity index (χ0) is 21.8. The van der Waals surface area contributed by atoms with E-state index in [1.165, 1.54) is 20.4 Å². The first-order valence-electron chi connectivity index (χ1n) is 9.66. The highest BCUT2D eigenvalue weighted by molar-refractivity contribution is 5.94. The van der Waals surface area contributed by atoms with Gasteiger partial charge in [-0.3, -0.25) is 9.78 Å². The van der Waals surface area contributed by atoms with Gasteiger partial charge in [-0.2, -0.15) is 0 Å². The molecule has 2 aromatic rings. The van der Waals surface area contributed by atoms with Crippen LogP contribution in [0.25, 0.3) is 0 Å². The Bertz CT molecular complexity index is 925. The lowest BCUT2D eigenvalue weighted by molar-refractivity contribution is -0.129. The van der Waals surface area contributed by atoms with Gasteiger partial charge in [-0.05, 0) is 25.8 Å². The molecule has 1 fully saturated rings. The van der Waals surface area contributed by atoms with Crippen molar-refractivity contribution in [3.05, 3.63) is 52.8 Å². The summed E-state index contributed by atoms with van der Waals surface area (Å²) in [6.07, 6.45) is 1.98. The number of aromatic nitrogens is 1. The number of aliphatic hydroxyl groups is 1. The van der Waals surface area contributed by atoms with Crippen molar-refractivity contribution in [2.24, 2.45) is 0 Å². The average Bonchev–Trinajstić information content (AvgIpc) is 3.07. The summed E-state index contributed by atoms with van der Waals surface area (Å²) in [5.74, 6) is 0.526. The summed E-state index contributed by atoms with van der Waals surface area (Å²) >= 11 is 0. The number of imide groups is 1. The molecule has 1 aliphatic rings. The zero-order valence-electron chi connectivity index (χ0n) is 17.5. The largest absolute Gasteiger partial charge is 0.492 e. The molecule has 3 rings (SSSR count). The van der Waals surface area contributed by atoms with Crippen molar-refractivity contribution in [2.75, 3.05) is 20.8 Å². The third kappa shape index (κ3) is 4.23. The minimum atomic E-state index is -0.781. The van der Waals surface area contributed by atoms with Gasteiger partial charge in [-0.15, -0.1) is 0 Å². The molecular weight excluding hydrogens is 388 g/mol. The van der Waals surface area contributed by atoms with E-state index < -0.39 is 24.1 Å². The first-order chi connectivity index (χ1) is 14.4. The van der Waals surface area contributed by atoms with Gasteiger partial charge in [-0.25, -0.2) is 9.69 Å². The Labute approximate surface area is 175 Å². The molecule has 2 heterocycles. The minimum Gasteiger partial charge on any atom is -0.492 e.